The van der Waals surface area contributed by atoms with Crippen LogP contribution in [0.4, 0.5) is 5.69 Å². The summed E-state index contributed by atoms with van der Waals surface area (Å²) < 4.78 is 28.9. The molecule has 0 spiro atoms. The highest BCUT2D eigenvalue weighted by molar-refractivity contribution is 8.13. The molecule has 0 fully saturated rings. The van der Waals surface area contributed by atoms with Gasteiger partial charge in [-0.3, -0.25) is 10.1 Å². The summed E-state index contributed by atoms with van der Waals surface area (Å²) in [5.41, 5.74) is -0.334. The molecule has 6 nitrogen and oxygen atoms in total. The van der Waals surface area contributed by atoms with Crippen LogP contribution in [0.15, 0.2) is 23.1 Å². The number of nitrogens with zero attached hydrogens (tertiary/aromatic N) is 1. The molecule has 1 rings (SSSR count). The molecule has 1 aromatic carbocycles. The number of hydrogen-bond donors (Lipinski definition) is 0. The number of benzene rings is 1. The van der Waals surface area contributed by atoms with Gasteiger partial charge in [0, 0.05) is 22.8 Å². The third kappa shape index (κ3) is 13.3. The first-order valence-electron chi connectivity index (χ1n) is 12.2. The molecule has 184 valence electrons. The summed E-state index contributed by atoms with van der Waals surface area (Å²) in [5.74, 6) is 0.0616. The highest BCUT2D eigenvalue weighted by Crippen LogP contribution is 2.31. The van der Waals surface area contributed by atoms with Crippen molar-refractivity contribution < 1.29 is 18.1 Å². The number of nitro groups is 1. The van der Waals surface area contributed by atoms with Crippen LogP contribution < -0.4 is 4.74 Å². The number of non-ortho nitro benzene ring substituents is 1. The summed E-state index contributed by atoms with van der Waals surface area (Å²) in [7, 11) is 1.27. The molecule has 1 aromatic rings. The van der Waals surface area contributed by atoms with E-state index >= 15 is 0 Å². The summed E-state index contributed by atoms with van der Waals surface area (Å²) in [5, 5.41) is 10.8. The normalized spacial score (nSPS) is 11.6. The smallest absolute Gasteiger partial charge is 0.271 e. The molecule has 0 N–H and O–H groups in total. The largest absolute Gasteiger partial charge is 0.492 e. The number of rotatable bonds is 20. The van der Waals surface area contributed by atoms with E-state index in [-0.39, 0.29) is 16.3 Å². The molecule has 0 saturated carbocycles. The molecule has 0 bridgehead atoms. The van der Waals surface area contributed by atoms with Crippen LogP contribution >= 0.6 is 10.7 Å². The van der Waals surface area contributed by atoms with Crippen molar-refractivity contribution in [3.63, 3.8) is 0 Å². The molecule has 0 aliphatic carbocycles. The predicted molar refractivity (Wildman–Crippen MR) is 131 cm³/mol. The fraction of sp³-hybridized carbons (Fsp3) is 0.750. The summed E-state index contributed by atoms with van der Waals surface area (Å²) in [4.78, 5) is 9.83. The monoisotopic (exact) mass is 489 g/mol. The Morgan fingerprint density at radius 2 is 1.25 bits per heavy atom. The standard InChI is InChI=1S/C24H40ClNO5S/c1-2-3-4-5-6-7-8-9-10-11-12-13-14-15-16-17-20-31-23-19-18-22(26(27)28)21-24(23)32(25,29)30/h18-19,21H,2-17,20H2,1H3. The van der Waals surface area contributed by atoms with E-state index in [0.717, 1.165) is 25.3 Å². The first-order valence-corrected chi connectivity index (χ1v) is 14.5. The fourth-order valence-corrected chi connectivity index (χ4v) is 4.74. The van der Waals surface area contributed by atoms with Gasteiger partial charge in [-0.05, 0) is 12.5 Å². The van der Waals surface area contributed by atoms with Crippen LogP contribution in [0.2, 0.25) is 0 Å². The number of ether oxygens (including phenoxy) is 1. The molecule has 8 heteroatoms. The lowest BCUT2D eigenvalue weighted by Crippen LogP contribution is -2.03. The van der Waals surface area contributed by atoms with Crippen molar-refractivity contribution in [2.45, 2.75) is 115 Å². The van der Waals surface area contributed by atoms with Crippen molar-refractivity contribution >= 4 is 25.4 Å². The van der Waals surface area contributed by atoms with E-state index in [4.69, 9.17) is 15.4 Å². The SMILES string of the molecule is CCCCCCCCCCCCCCCCCCOc1ccc([N+](=O)[O-])cc1S(=O)(=O)Cl. The van der Waals surface area contributed by atoms with Gasteiger partial charge in [-0.2, -0.15) is 0 Å². The lowest BCUT2D eigenvalue weighted by molar-refractivity contribution is -0.385. The van der Waals surface area contributed by atoms with Crippen LogP contribution in [0.3, 0.4) is 0 Å². The maximum atomic E-state index is 11.7. The first kappa shape index (κ1) is 28.7. The molecule has 0 unspecified atom stereocenters. The zero-order chi connectivity index (χ0) is 23.7. The molecular formula is C24H40ClNO5S. The van der Waals surface area contributed by atoms with E-state index in [2.05, 4.69) is 6.92 Å². The summed E-state index contributed by atoms with van der Waals surface area (Å²) in [6.45, 7) is 2.61. The Balaban J connectivity index is 2.04. The molecule has 0 aliphatic heterocycles. The van der Waals surface area contributed by atoms with Crippen molar-refractivity contribution in [3.05, 3.63) is 28.3 Å². The van der Waals surface area contributed by atoms with Crippen LogP contribution in [0.25, 0.3) is 0 Å². The van der Waals surface area contributed by atoms with Gasteiger partial charge in [0.1, 0.15) is 10.6 Å². The van der Waals surface area contributed by atoms with E-state index in [9.17, 15) is 18.5 Å². The molecule has 0 aromatic heterocycles. The summed E-state index contributed by atoms with van der Waals surface area (Å²) in [6, 6.07) is 3.44. The average Bonchev–Trinajstić information content (AvgIpc) is 2.75. The second kappa shape index (κ2) is 17.2. The maximum absolute atomic E-state index is 11.7. The molecular weight excluding hydrogens is 450 g/mol. The Hall–Kier alpha value is -1.34. The van der Waals surface area contributed by atoms with Gasteiger partial charge in [-0.1, -0.05) is 103 Å². The minimum absolute atomic E-state index is 0.0616. The van der Waals surface area contributed by atoms with Crippen LogP contribution in [0.5, 0.6) is 5.75 Å². The van der Waals surface area contributed by atoms with Gasteiger partial charge in [0.05, 0.1) is 11.5 Å². The van der Waals surface area contributed by atoms with Gasteiger partial charge in [0.2, 0.25) is 0 Å². The van der Waals surface area contributed by atoms with Gasteiger partial charge in [0.25, 0.3) is 14.7 Å². The minimum Gasteiger partial charge on any atom is -0.492 e. The molecule has 0 amide bonds. The minimum atomic E-state index is -4.12. The first-order chi connectivity index (χ1) is 15.4. The molecule has 0 atom stereocenters. The zero-order valence-corrected chi connectivity index (χ0v) is 21.1. The average molecular weight is 490 g/mol. The lowest BCUT2D eigenvalue weighted by atomic mass is 10.0. The van der Waals surface area contributed by atoms with Crippen molar-refractivity contribution in [1.29, 1.82) is 0 Å². The van der Waals surface area contributed by atoms with Crippen molar-refractivity contribution in [3.8, 4) is 5.75 Å². The van der Waals surface area contributed by atoms with Gasteiger partial charge in [0.15, 0.2) is 0 Å². The molecule has 0 aliphatic rings. The Bertz CT molecular complexity index is 755. The van der Waals surface area contributed by atoms with Crippen molar-refractivity contribution in [2.24, 2.45) is 0 Å². The van der Waals surface area contributed by atoms with E-state index in [0.29, 0.717) is 6.61 Å². The third-order valence-electron chi connectivity index (χ3n) is 5.66. The topological polar surface area (TPSA) is 86.5 Å². The van der Waals surface area contributed by atoms with E-state index in [1.165, 1.54) is 95.6 Å². The van der Waals surface area contributed by atoms with E-state index in [1.54, 1.807) is 0 Å². The number of nitro benzene ring substituents is 1. The lowest BCUT2D eigenvalue weighted by Gasteiger charge is -2.09. The zero-order valence-electron chi connectivity index (χ0n) is 19.5. The molecule has 32 heavy (non-hydrogen) atoms. The molecule has 0 radical (unpaired) electrons. The second-order valence-electron chi connectivity index (χ2n) is 8.48. The van der Waals surface area contributed by atoms with Gasteiger partial charge in [-0.25, -0.2) is 8.42 Å². The van der Waals surface area contributed by atoms with Gasteiger partial charge < -0.3 is 4.74 Å². The third-order valence-corrected chi connectivity index (χ3v) is 7.00. The number of unbranched alkanes of at least 4 members (excludes halogenated alkanes) is 15. The molecule has 0 saturated heterocycles. The number of hydrogen-bond acceptors (Lipinski definition) is 5. The maximum Gasteiger partial charge on any atom is 0.271 e. The van der Waals surface area contributed by atoms with E-state index in [1.807, 2.05) is 0 Å². The Morgan fingerprint density at radius 1 is 0.812 bits per heavy atom. The number of halogens is 1. The van der Waals surface area contributed by atoms with Crippen LogP contribution in [0, 0.1) is 10.1 Å². The fourth-order valence-electron chi connectivity index (χ4n) is 3.75. The Kier molecular flexibility index (Phi) is 15.4. The predicted octanol–water partition coefficient (Wildman–Crippen LogP) is 8.16. The highest BCUT2D eigenvalue weighted by Gasteiger charge is 2.21. The van der Waals surface area contributed by atoms with Crippen molar-refractivity contribution in [1.82, 2.24) is 0 Å². The second-order valence-corrected chi connectivity index (χ2v) is 11.0. The summed E-state index contributed by atoms with van der Waals surface area (Å²) in [6.07, 6.45) is 20.4. The van der Waals surface area contributed by atoms with Crippen molar-refractivity contribution in [2.75, 3.05) is 6.61 Å². The van der Waals surface area contributed by atoms with E-state index < -0.39 is 14.0 Å². The van der Waals surface area contributed by atoms with Crippen LogP contribution in [-0.4, -0.2) is 19.9 Å². The Labute approximate surface area is 198 Å². The quantitative estimate of drug-likeness (QED) is 0.0797. The van der Waals surface area contributed by atoms with Crippen LogP contribution in [0.1, 0.15) is 110 Å². The van der Waals surface area contributed by atoms with Gasteiger partial charge >= 0.3 is 0 Å². The molecule has 0 heterocycles. The Morgan fingerprint density at radius 3 is 1.66 bits per heavy atom. The van der Waals surface area contributed by atoms with Crippen LogP contribution in [-0.2, 0) is 9.05 Å². The summed E-state index contributed by atoms with van der Waals surface area (Å²) >= 11 is 0. The highest BCUT2D eigenvalue weighted by atomic mass is 35.7. The van der Waals surface area contributed by atoms with Gasteiger partial charge in [-0.15, -0.1) is 0 Å².